The Morgan fingerprint density at radius 3 is 2.26 bits per heavy atom. The molecule has 0 aliphatic heterocycles. The molecule has 4 nitrogen and oxygen atoms in total. The molecule has 1 aromatic rings. The maximum absolute atomic E-state index is 11.7. The van der Waals surface area contributed by atoms with Gasteiger partial charge < -0.3 is 10.6 Å². The summed E-state index contributed by atoms with van der Waals surface area (Å²) >= 11 is 0. The van der Waals surface area contributed by atoms with E-state index in [2.05, 4.69) is 10.6 Å². The average molecular weight is 262 g/mol. The van der Waals surface area contributed by atoms with Crippen LogP contribution >= 0.6 is 0 Å². The lowest BCUT2D eigenvalue weighted by Crippen LogP contribution is -2.34. The maximum Gasteiger partial charge on any atom is 0.229 e. The second-order valence-electron chi connectivity index (χ2n) is 5.07. The minimum Gasteiger partial charge on any atom is -0.355 e. The Labute approximate surface area is 114 Å². The zero-order valence-electron chi connectivity index (χ0n) is 11.8. The summed E-state index contributed by atoms with van der Waals surface area (Å²) in [6.45, 7) is 6.52. The molecule has 4 heteroatoms. The summed E-state index contributed by atoms with van der Waals surface area (Å²) < 4.78 is 0. The first-order valence-corrected chi connectivity index (χ1v) is 6.60. The molecule has 0 bridgehead atoms. The van der Waals surface area contributed by atoms with E-state index in [-0.39, 0.29) is 24.3 Å². The standard InChI is InChI=1S/C15H22N2O2/c1-11(2)10-16-14(18)9-15(19)17-12(3)13-7-5-4-6-8-13/h4-8,11-12H,9-10H2,1-3H3,(H,16,18)(H,17,19). The molecule has 0 spiro atoms. The van der Waals surface area contributed by atoms with Crippen molar-refractivity contribution in [2.24, 2.45) is 5.92 Å². The summed E-state index contributed by atoms with van der Waals surface area (Å²) in [4.78, 5) is 23.2. The van der Waals surface area contributed by atoms with E-state index in [0.29, 0.717) is 12.5 Å². The zero-order chi connectivity index (χ0) is 14.3. The molecule has 0 fully saturated rings. The first-order chi connectivity index (χ1) is 8.99. The Morgan fingerprint density at radius 2 is 1.68 bits per heavy atom. The molecule has 0 radical (unpaired) electrons. The molecule has 0 saturated heterocycles. The lowest BCUT2D eigenvalue weighted by Gasteiger charge is -2.14. The van der Waals surface area contributed by atoms with Crippen LogP contribution < -0.4 is 10.6 Å². The van der Waals surface area contributed by atoms with Crippen LogP contribution in [0.25, 0.3) is 0 Å². The molecule has 2 amide bonds. The monoisotopic (exact) mass is 262 g/mol. The van der Waals surface area contributed by atoms with E-state index in [9.17, 15) is 9.59 Å². The van der Waals surface area contributed by atoms with Crippen molar-refractivity contribution >= 4 is 11.8 Å². The Morgan fingerprint density at radius 1 is 1.05 bits per heavy atom. The SMILES string of the molecule is CC(C)CNC(=O)CC(=O)NC(C)c1ccccc1. The molecule has 0 heterocycles. The highest BCUT2D eigenvalue weighted by Crippen LogP contribution is 2.10. The van der Waals surface area contributed by atoms with Crippen molar-refractivity contribution in [1.29, 1.82) is 0 Å². The fourth-order valence-corrected chi connectivity index (χ4v) is 1.64. The van der Waals surface area contributed by atoms with E-state index >= 15 is 0 Å². The highest BCUT2D eigenvalue weighted by atomic mass is 16.2. The molecule has 1 atom stereocenters. The minimum absolute atomic E-state index is 0.0911. The van der Waals surface area contributed by atoms with Gasteiger partial charge in [-0.25, -0.2) is 0 Å². The Kier molecular flexibility index (Phi) is 6.06. The third-order valence-corrected chi connectivity index (χ3v) is 2.71. The molecule has 0 aliphatic carbocycles. The number of hydrogen-bond acceptors (Lipinski definition) is 2. The van der Waals surface area contributed by atoms with Crippen molar-refractivity contribution in [1.82, 2.24) is 10.6 Å². The molecule has 1 aromatic carbocycles. The smallest absolute Gasteiger partial charge is 0.229 e. The molecule has 1 unspecified atom stereocenters. The number of benzene rings is 1. The summed E-state index contributed by atoms with van der Waals surface area (Å²) in [5.41, 5.74) is 1.03. The van der Waals surface area contributed by atoms with Gasteiger partial charge in [-0.2, -0.15) is 0 Å². The van der Waals surface area contributed by atoms with Crippen molar-refractivity contribution in [2.75, 3.05) is 6.54 Å². The normalized spacial score (nSPS) is 12.0. The van der Waals surface area contributed by atoms with E-state index in [4.69, 9.17) is 0 Å². The van der Waals surface area contributed by atoms with Crippen molar-refractivity contribution in [3.8, 4) is 0 Å². The second kappa shape index (κ2) is 7.56. The number of carbonyl (C=O) groups excluding carboxylic acids is 2. The fourth-order valence-electron chi connectivity index (χ4n) is 1.64. The minimum atomic E-state index is -0.252. The number of hydrogen-bond donors (Lipinski definition) is 2. The van der Waals surface area contributed by atoms with Crippen molar-refractivity contribution < 1.29 is 9.59 Å². The Balaban J connectivity index is 2.37. The molecule has 1 rings (SSSR count). The molecule has 2 N–H and O–H groups in total. The van der Waals surface area contributed by atoms with Gasteiger partial charge in [-0.1, -0.05) is 44.2 Å². The Bertz CT molecular complexity index is 415. The number of carbonyl (C=O) groups is 2. The number of amides is 2. The third-order valence-electron chi connectivity index (χ3n) is 2.71. The molecule has 0 aliphatic rings. The van der Waals surface area contributed by atoms with Crippen LogP contribution in [0.3, 0.4) is 0 Å². The third kappa shape index (κ3) is 6.04. The van der Waals surface area contributed by atoms with Gasteiger partial charge in [-0.15, -0.1) is 0 Å². The highest BCUT2D eigenvalue weighted by Gasteiger charge is 2.13. The average Bonchev–Trinajstić information content (AvgIpc) is 2.37. The first-order valence-electron chi connectivity index (χ1n) is 6.60. The molecule has 104 valence electrons. The zero-order valence-corrected chi connectivity index (χ0v) is 11.8. The lowest BCUT2D eigenvalue weighted by molar-refractivity contribution is -0.129. The van der Waals surface area contributed by atoms with Crippen molar-refractivity contribution in [3.63, 3.8) is 0 Å². The molecule has 0 aromatic heterocycles. The van der Waals surface area contributed by atoms with E-state index in [0.717, 1.165) is 5.56 Å². The maximum atomic E-state index is 11.7. The van der Waals surface area contributed by atoms with Gasteiger partial charge >= 0.3 is 0 Å². The summed E-state index contributed by atoms with van der Waals surface area (Å²) in [6.07, 6.45) is -0.121. The van der Waals surface area contributed by atoms with Crippen LogP contribution in [-0.4, -0.2) is 18.4 Å². The number of rotatable bonds is 6. The van der Waals surface area contributed by atoms with Gasteiger partial charge in [-0.05, 0) is 18.4 Å². The van der Waals surface area contributed by atoms with Gasteiger partial charge in [0, 0.05) is 6.54 Å². The van der Waals surface area contributed by atoms with Crippen molar-refractivity contribution in [3.05, 3.63) is 35.9 Å². The summed E-state index contributed by atoms with van der Waals surface area (Å²) in [5, 5.41) is 5.54. The lowest BCUT2D eigenvalue weighted by atomic mass is 10.1. The van der Waals surface area contributed by atoms with Crippen LogP contribution in [0.2, 0.25) is 0 Å². The predicted octanol–water partition coefficient (Wildman–Crippen LogP) is 2.03. The van der Waals surface area contributed by atoms with Gasteiger partial charge in [0.2, 0.25) is 11.8 Å². The largest absolute Gasteiger partial charge is 0.355 e. The fraction of sp³-hybridized carbons (Fsp3) is 0.467. The van der Waals surface area contributed by atoms with Crippen LogP contribution in [0.1, 0.15) is 38.8 Å². The topological polar surface area (TPSA) is 58.2 Å². The summed E-state index contributed by atoms with van der Waals surface area (Å²) in [5.74, 6) is -0.0978. The first kappa shape index (κ1) is 15.2. The van der Waals surface area contributed by atoms with Crippen LogP contribution in [0, 0.1) is 5.92 Å². The van der Waals surface area contributed by atoms with Crippen molar-refractivity contribution in [2.45, 2.75) is 33.2 Å². The molecule has 0 saturated carbocycles. The van der Waals surface area contributed by atoms with Gasteiger partial charge in [0.15, 0.2) is 0 Å². The molecular weight excluding hydrogens is 240 g/mol. The summed E-state index contributed by atoms with van der Waals surface area (Å²) in [7, 11) is 0. The summed E-state index contributed by atoms with van der Waals surface area (Å²) in [6, 6.07) is 9.58. The van der Waals surface area contributed by atoms with Gasteiger partial charge in [0.25, 0.3) is 0 Å². The predicted molar refractivity (Wildman–Crippen MR) is 75.5 cm³/mol. The molecule has 19 heavy (non-hydrogen) atoms. The van der Waals surface area contributed by atoms with Crippen LogP contribution in [0.4, 0.5) is 0 Å². The quantitative estimate of drug-likeness (QED) is 0.771. The van der Waals surface area contributed by atoms with Gasteiger partial charge in [0.05, 0.1) is 6.04 Å². The Hall–Kier alpha value is -1.84. The van der Waals surface area contributed by atoms with Gasteiger partial charge in [0.1, 0.15) is 6.42 Å². The van der Waals surface area contributed by atoms with E-state index in [1.807, 2.05) is 51.1 Å². The van der Waals surface area contributed by atoms with Gasteiger partial charge in [-0.3, -0.25) is 9.59 Å². The van der Waals surface area contributed by atoms with E-state index in [1.165, 1.54) is 0 Å². The van der Waals surface area contributed by atoms with Crippen LogP contribution in [0.15, 0.2) is 30.3 Å². The number of nitrogens with one attached hydrogen (secondary N) is 2. The highest BCUT2D eigenvalue weighted by molar-refractivity contribution is 5.96. The van der Waals surface area contributed by atoms with Crippen LogP contribution in [-0.2, 0) is 9.59 Å². The molecular formula is C15H22N2O2. The van der Waals surface area contributed by atoms with E-state index in [1.54, 1.807) is 0 Å². The van der Waals surface area contributed by atoms with Crippen LogP contribution in [0.5, 0.6) is 0 Å². The van der Waals surface area contributed by atoms with E-state index < -0.39 is 0 Å². The second-order valence-corrected chi connectivity index (χ2v) is 5.07.